The number of carbonyl (C=O) groups excluding carboxylic acids is 1. The van der Waals surface area contributed by atoms with Gasteiger partial charge in [-0.2, -0.15) is 0 Å². The predicted octanol–water partition coefficient (Wildman–Crippen LogP) is 2.92. The Labute approximate surface area is 146 Å². The van der Waals surface area contributed by atoms with Crippen molar-refractivity contribution in [2.24, 2.45) is 17.3 Å². The molecule has 2 saturated carbocycles. The van der Waals surface area contributed by atoms with Crippen molar-refractivity contribution < 1.29 is 14.5 Å². The highest BCUT2D eigenvalue weighted by atomic mass is 16.6. The second-order valence-corrected chi connectivity index (χ2v) is 7.39. The summed E-state index contributed by atoms with van der Waals surface area (Å²) in [6.45, 7) is 0.997. The number of nitro groups is 1. The molecule has 130 valence electrons. The summed E-state index contributed by atoms with van der Waals surface area (Å²) < 4.78 is 5.65. The Morgan fingerprint density at radius 2 is 2.20 bits per heavy atom. The van der Waals surface area contributed by atoms with E-state index in [1.54, 1.807) is 0 Å². The fourth-order valence-electron chi connectivity index (χ4n) is 3.67. The van der Waals surface area contributed by atoms with E-state index in [4.69, 9.17) is 4.74 Å². The van der Waals surface area contributed by atoms with Gasteiger partial charge < -0.3 is 10.1 Å². The Hall–Kier alpha value is -2.55. The first-order valence-corrected chi connectivity index (χ1v) is 8.77. The molecule has 25 heavy (non-hydrogen) atoms. The highest BCUT2D eigenvalue weighted by Gasteiger charge is 2.46. The minimum absolute atomic E-state index is 0.0509. The molecule has 0 aliphatic heterocycles. The molecule has 2 bridgehead atoms. The highest BCUT2D eigenvalue weighted by Crippen LogP contribution is 2.48. The lowest BCUT2D eigenvalue weighted by molar-refractivity contribution is -0.385. The summed E-state index contributed by atoms with van der Waals surface area (Å²) in [5.41, 5.74) is 0.232. The highest BCUT2D eigenvalue weighted by molar-refractivity contribution is 5.95. The van der Waals surface area contributed by atoms with Gasteiger partial charge in [0.15, 0.2) is 5.75 Å². The number of nitrogens with one attached hydrogen (secondary N) is 1. The fraction of sp³-hybridized carbons (Fsp3) is 0.526. The van der Waals surface area contributed by atoms with Crippen LogP contribution in [0.2, 0.25) is 0 Å². The molecule has 4 aliphatic carbocycles. The maximum atomic E-state index is 12.4. The van der Waals surface area contributed by atoms with Crippen molar-refractivity contribution >= 4 is 11.6 Å². The summed E-state index contributed by atoms with van der Waals surface area (Å²) in [5.74, 6) is 7.28. The first-order chi connectivity index (χ1) is 12.0. The Morgan fingerprint density at radius 3 is 2.80 bits per heavy atom. The quantitative estimate of drug-likeness (QED) is 0.470. The van der Waals surface area contributed by atoms with Crippen LogP contribution in [-0.2, 0) is 0 Å². The summed E-state index contributed by atoms with van der Waals surface area (Å²) in [7, 11) is 0. The number of nitrogens with zero attached hydrogens (tertiary/aromatic N) is 1. The molecule has 4 aliphatic rings. The molecule has 1 N–H and O–H groups in total. The van der Waals surface area contributed by atoms with Gasteiger partial charge in [-0.3, -0.25) is 14.9 Å². The van der Waals surface area contributed by atoms with Gasteiger partial charge in [-0.1, -0.05) is 18.3 Å². The molecule has 1 aromatic rings. The van der Waals surface area contributed by atoms with E-state index in [1.807, 2.05) is 0 Å². The molecule has 1 amide bonds. The van der Waals surface area contributed by atoms with Gasteiger partial charge in [-0.25, -0.2) is 0 Å². The molecule has 0 heterocycles. The van der Waals surface area contributed by atoms with Gasteiger partial charge in [-0.15, -0.1) is 0 Å². The smallest absolute Gasteiger partial charge is 0.310 e. The van der Waals surface area contributed by atoms with E-state index in [0.29, 0.717) is 30.6 Å². The zero-order valence-electron chi connectivity index (χ0n) is 13.9. The standard InChI is InChI=1S/C19H20N2O4/c22-18(20-12-19-7-6-14(9-19)10-19)15-4-5-16(21(23)24)17(8-15)25-11-13-2-1-3-13/h4-5,8,13-14H,1-3,9-12H2,(H,20,22). The van der Waals surface area contributed by atoms with Gasteiger partial charge in [0.1, 0.15) is 0 Å². The Balaban J connectivity index is 1.43. The average Bonchev–Trinajstić information content (AvgIpc) is 3.11. The number of carbonyl (C=O) groups is 1. The summed E-state index contributed by atoms with van der Waals surface area (Å²) >= 11 is 0. The van der Waals surface area contributed by atoms with Crippen LogP contribution in [0.25, 0.3) is 0 Å². The van der Waals surface area contributed by atoms with Crippen LogP contribution in [0.5, 0.6) is 5.75 Å². The van der Waals surface area contributed by atoms with E-state index in [2.05, 4.69) is 17.2 Å². The molecule has 0 unspecified atom stereocenters. The summed E-state index contributed by atoms with van der Waals surface area (Å²) in [6, 6.07) is 4.30. The van der Waals surface area contributed by atoms with Crippen molar-refractivity contribution in [2.45, 2.75) is 32.1 Å². The van der Waals surface area contributed by atoms with Crippen LogP contribution in [0.15, 0.2) is 18.2 Å². The van der Waals surface area contributed by atoms with Crippen LogP contribution < -0.4 is 10.1 Å². The van der Waals surface area contributed by atoms with Crippen molar-refractivity contribution in [3.8, 4) is 17.6 Å². The van der Waals surface area contributed by atoms with E-state index < -0.39 is 4.92 Å². The van der Waals surface area contributed by atoms with Crippen LogP contribution in [0.1, 0.15) is 42.5 Å². The van der Waals surface area contributed by atoms with Crippen molar-refractivity contribution in [1.29, 1.82) is 0 Å². The molecular formula is C19H20N2O4. The second kappa shape index (κ2) is 6.07. The van der Waals surface area contributed by atoms with Crippen LogP contribution in [0, 0.1) is 39.2 Å². The third-order valence-electron chi connectivity index (χ3n) is 5.52. The molecular weight excluding hydrogens is 320 g/mol. The van der Waals surface area contributed by atoms with Crippen LogP contribution in [0.3, 0.4) is 0 Å². The number of hydrogen-bond acceptors (Lipinski definition) is 4. The zero-order chi connectivity index (χ0) is 17.4. The lowest BCUT2D eigenvalue weighted by atomic mass is 9.68. The molecule has 1 aromatic carbocycles. The SMILES string of the molecule is O=C(NCC12C#CC(C1)C2)c1ccc([N+](=O)[O-])c(OCC2CCC2)c1. The normalized spacial score (nSPS) is 26.0. The van der Waals surface area contributed by atoms with E-state index in [9.17, 15) is 14.9 Å². The predicted molar refractivity (Wildman–Crippen MR) is 91.2 cm³/mol. The lowest BCUT2D eigenvalue weighted by Gasteiger charge is -2.36. The maximum Gasteiger partial charge on any atom is 0.310 e. The Morgan fingerprint density at radius 1 is 1.40 bits per heavy atom. The zero-order valence-corrected chi connectivity index (χ0v) is 13.9. The molecule has 2 fully saturated rings. The average molecular weight is 340 g/mol. The number of benzene rings is 1. The van der Waals surface area contributed by atoms with Gasteiger partial charge in [0.2, 0.25) is 0 Å². The molecule has 0 atom stereocenters. The maximum absolute atomic E-state index is 12.4. The number of nitro benzene ring substituents is 1. The largest absolute Gasteiger partial charge is 0.487 e. The molecule has 0 radical (unpaired) electrons. The third-order valence-corrected chi connectivity index (χ3v) is 5.52. The third kappa shape index (κ3) is 3.07. The molecule has 0 spiro atoms. The van der Waals surface area contributed by atoms with E-state index in [0.717, 1.165) is 25.7 Å². The fourth-order valence-corrected chi connectivity index (χ4v) is 3.67. The molecule has 6 heteroatoms. The lowest BCUT2D eigenvalue weighted by Crippen LogP contribution is -2.42. The molecule has 0 aromatic heterocycles. The Bertz CT molecular complexity index is 782. The van der Waals surface area contributed by atoms with Crippen LogP contribution in [0.4, 0.5) is 5.69 Å². The van der Waals surface area contributed by atoms with Gasteiger partial charge >= 0.3 is 5.69 Å². The van der Waals surface area contributed by atoms with Gasteiger partial charge in [0.25, 0.3) is 5.91 Å². The number of amides is 1. The van der Waals surface area contributed by atoms with Crippen LogP contribution >= 0.6 is 0 Å². The summed E-state index contributed by atoms with van der Waals surface area (Å²) in [5, 5.41) is 14.1. The monoisotopic (exact) mass is 340 g/mol. The summed E-state index contributed by atoms with van der Waals surface area (Å²) in [6.07, 6.45) is 5.38. The number of rotatable bonds is 7. The molecule has 0 saturated heterocycles. The second-order valence-electron chi connectivity index (χ2n) is 7.39. The number of hydrogen-bond donors (Lipinski definition) is 1. The first-order valence-electron chi connectivity index (χ1n) is 8.77. The van der Waals surface area contributed by atoms with Crippen molar-refractivity contribution in [1.82, 2.24) is 5.32 Å². The summed E-state index contributed by atoms with van der Waals surface area (Å²) in [4.78, 5) is 23.1. The van der Waals surface area contributed by atoms with E-state index >= 15 is 0 Å². The van der Waals surface area contributed by atoms with E-state index in [-0.39, 0.29) is 22.8 Å². The minimum atomic E-state index is -0.473. The van der Waals surface area contributed by atoms with E-state index in [1.165, 1.54) is 24.6 Å². The van der Waals surface area contributed by atoms with Crippen molar-refractivity contribution in [3.05, 3.63) is 33.9 Å². The van der Waals surface area contributed by atoms with Crippen LogP contribution in [-0.4, -0.2) is 24.0 Å². The van der Waals surface area contributed by atoms with Crippen molar-refractivity contribution in [2.75, 3.05) is 13.2 Å². The molecule has 6 nitrogen and oxygen atoms in total. The molecule has 5 rings (SSSR count). The topological polar surface area (TPSA) is 81.5 Å². The Kier molecular flexibility index (Phi) is 3.87. The van der Waals surface area contributed by atoms with Crippen molar-refractivity contribution in [3.63, 3.8) is 0 Å². The van der Waals surface area contributed by atoms with Gasteiger partial charge in [-0.05, 0) is 37.7 Å². The minimum Gasteiger partial charge on any atom is -0.487 e. The van der Waals surface area contributed by atoms with Gasteiger partial charge in [0.05, 0.1) is 16.9 Å². The number of ether oxygens (including phenoxy) is 1. The first kappa shape index (κ1) is 15.9. The van der Waals surface area contributed by atoms with Gasteiger partial charge in [0, 0.05) is 30.2 Å².